The highest BCUT2D eigenvalue weighted by atomic mass is 32.2. The van der Waals surface area contributed by atoms with E-state index in [1.54, 1.807) is 0 Å². The van der Waals surface area contributed by atoms with Gasteiger partial charge in [0.15, 0.2) is 0 Å². The molecule has 0 bridgehead atoms. The van der Waals surface area contributed by atoms with E-state index in [2.05, 4.69) is 6.92 Å². The summed E-state index contributed by atoms with van der Waals surface area (Å²) in [5.74, 6) is -0.124. The van der Waals surface area contributed by atoms with Crippen LogP contribution in [0.5, 0.6) is 0 Å². The number of unbranched alkanes of at least 4 members (excludes halogenated alkanes) is 7. The number of aliphatic hydroxyl groups is 2. The second-order valence-corrected chi connectivity index (χ2v) is 6.12. The molecule has 0 heterocycles. The van der Waals surface area contributed by atoms with Crippen LogP contribution in [-0.4, -0.2) is 32.2 Å². The summed E-state index contributed by atoms with van der Waals surface area (Å²) in [6, 6.07) is 0. The summed E-state index contributed by atoms with van der Waals surface area (Å²) >= 11 is 0. The van der Waals surface area contributed by atoms with E-state index in [0.29, 0.717) is 6.42 Å². The fourth-order valence-electron chi connectivity index (χ4n) is 1.86. The van der Waals surface area contributed by atoms with Crippen LogP contribution in [0.4, 0.5) is 0 Å². The van der Waals surface area contributed by atoms with Gasteiger partial charge in [0.1, 0.15) is 5.94 Å². The van der Waals surface area contributed by atoms with E-state index in [1.165, 1.54) is 38.5 Å². The molecule has 4 heteroatoms. The van der Waals surface area contributed by atoms with Gasteiger partial charge in [0, 0.05) is 10.8 Å². The lowest BCUT2D eigenvalue weighted by Gasteiger charge is -2.08. The fraction of sp³-hybridized carbons (Fsp3) is 1.00. The van der Waals surface area contributed by atoms with Crippen LogP contribution in [0.1, 0.15) is 64.7 Å². The lowest BCUT2D eigenvalue weighted by atomic mass is 10.1. The van der Waals surface area contributed by atoms with Gasteiger partial charge in [-0.15, -0.1) is 0 Å². The van der Waals surface area contributed by atoms with Crippen LogP contribution >= 0.6 is 0 Å². The standard InChI is InChI=1S/C13H28O3S/c1-2-3-4-5-6-7-8-9-10-13(15)11-17(16)12-14/h13-15H,2-12H2,1H3. The lowest BCUT2D eigenvalue weighted by Crippen LogP contribution is -2.18. The highest BCUT2D eigenvalue weighted by Crippen LogP contribution is 2.10. The van der Waals surface area contributed by atoms with Gasteiger partial charge in [0.25, 0.3) is 0 Å². The first-order chi connectivity index (χ1) is 8.20. The zero-order valence-corrected chi connectivity index (χ0v) is 11.9. The molecule has 0 saturated heterocycles. The Morgan fingerprint density at radius 2 is 1.53 bits per heavy atom. The Balaban J connectivity index is 3.19. The lowest BCUT2D eigenvalue weighted by molar-refractivity contribution is 0.183. The van der Waals surface area contributed by atoms with E-state index in [4.69, 9.17) is 5.11 Å². The van der Waals surface area contributed by atoms with Crippen LogP contribution in [0.3, 0.4) is 0 Å². The number of rotatable bonds is 12. The van der Waals surface area contributed by atoms with E-state index in [0.717, 1.165) is 12.8 Å². The van der Waals surface area contributed by atoms with Crippen LogP contribution in [0.15, 0.2) is 0 Å². The van der Waals surface area contributed by atoms with Gasteiger partial charge >= 0.3 is 0 Å². The van der Waals surface area contributed by atoms with E-state index < -0.39 is 16.9 Å². The third kappa shape index (κ3) is 12.3. The van der Waals surface area contributed by atoms with Crippen LogP contribution < -0.4 is 0 Å². The largest absolute Gasteiger partial charge is 0.392 e. The Bertz CT molecular complexity index is 186. The molecule has 0 amide bonds. The minimum atomic E-state index is -1.26. The maximum Gasteiger partial charge on any atom is 0.118 e. The van der Waals surface area contributed by atoms with Crippen molar-refractivity contribution in [1.82, 2.24) is 0 Å². The van der Waals surface area contributed by atoms with Crippen molar-refractivity contribution in [2.45, 2.75) is 70.8 Å². The summed E-state index contributed by atoms with van der Waals surface area (Å²) < 4.78 is 11.0. The minimum Gasteiger partial charge on any atom is -0.392 e. The normalized spacial score (nSPS) is 14.8. The van der Waals surface area contributed by atoms with Gasteiger partial charge in [0.05, 0.1) is 11.9 Å². The molecular formula is C13H28O3S. The van der Waals surface area contributed by atoms with Crippen molar-refractivity contribution < 1.29 is 14.4 Å². The van der Waals surface area contributed by atoms with Crippen molar-refractivity contribution in [3.8, 4) is 0 Å². The van der Waals surface area contributed by atoms with Crippen LogP contribution in [0.25, 0.3) is 0 Å². The highest BCUT2D eigenvalue weighted by molar-refractivity contribution is 7.84. The summed E-state index contributed by atoms with van der Waals surface area (Å²) in [6.45, 7) is 2.22. The topological polar surface area (TPSA) is 57.5 Å². The van der Waals surface area contributed by atoms with Crippen LogP contribution in [0.2, 0.25) is 0 Å². The summed E-state index contributed by atoms with van der Waals surface area (Å²) in [4.78, 5) is 0. The van der Waals surface area contributed by atoms with Gasteiger partial charge in [-0.25, -0.2) is 0 Å². The molecule has 0 fully saturated rings. The molecule has 0 saturated carbocycles. The molecule has 0 radical (unpaired) electrons. The molecule has 3 nitrogen and oxygen atoms in total. The molecule has 0 aromatic rings. The Morgan fingerprint density at radius 3 is 2.06 bits per heavy atom. The van der Waals surface area contributed by atoms with Crippen molar-refractivity contribution in [3.63, 3.8) is 0 Å². The van der Waals surface area contributed by atoms with Crippen molar-refractivity contribution >= 4 is 10.8 Å². The molecule has 2 unspecified atom stereocenters. The van der Waals surface area contributed by atoms with Crippen molar-refractivity contribution in [2.75, 3.05) is 11.7 Å². The molecule has 17 heavy (non-hydrogen) atoms. The predicted octanol–water partition coefficient (Wildman–Crippen LogP) is 2.58. The Labute approximate surface area is 108 Å². The Hall–Kier alpha value is 0.0700. The number of hydrogen-bond donors (Lipinski definition) is 2. The first-order valence-corrected chi connectivity index (χ1v) is 8.33. The number of hydrogen-bond acceptors (Lipinski definition) is 3. The van der Waals surface area contributed by atoms with Gasteiger partial charge in [-0.1, -0.05) is 58.3 Å². The summed E-state index contributed by atoms with van der Waals surface area (Å²) in [7, 11) is -1.26. The molecule has 0 aromatic heterocycles. The molecule has 0 rings (SSSR count). The van der Waals surface area contributed by atoms with Gasteiger partial charge in [0.2, 0.25) is 0 Å². The first kappa shape index (κ1) is 17.1. The molecule has 0 aliphatic rings. The first-order valence-electron chi connectivity index (χ1n) is 6.84. The number of aliphatic hydroxyl groups excluding tert-OH is 2. The Morgan fingerprint density at radius 1 is 1.00 bits per heavy atom. The molecule has 0 aliphatic heterocycles. The quantitative estimate of drug-likeness (QED) is 0.533. The molecular weight excluding hydrogens is 236 g/mol. The van der Waals surface area contributed by atoms with Crippen molar-refractivity contribution in [1.29, 1.82) is 0 Å². The smallest absolute Gasteiger partial charge is 0.118 e. The maximum atomic E-state index is 11.0. The molecule has 0 aliphatic carbocycles. The maximum absolute atomic E-state index is 11.0. The van der Waals surface area contributed by atoms with Gasteiger partial charge < -0.3 is 10.2 Å². The molecule has 0 spiro atoms. The second-order valence-electron chi connectivity index (χ2n) is 4.65. The van der Waals surface area contributed by atoms with Gasteiger partial charge in [-0.2, -0.15) is 0 Å². The van der Waals surface area contributed by atoms with Crippen molar-refractivity contribution in [2.24, 2.45) is 0 Å². The second kappa shape index (κ2) is 12.5. The monoisotopic (exact) mass is 264 g/mol. The molecule has 104 valence electrons. The van der Waals surface area contributed by atoms with Gasteiger partial charge in [-0.3, -0.25) is 4.21 Å². The zero-order valence-electron chi connectivity index (χ0n) is 11.1. The summed E-state index contributed by atoms with van der Waals surface area (Å²) in [6.07, 6.45) is 10.2. The SMILES string of the molecule is CCCCCCCCCCC(O)CS(=O)CO. The summed E-state index contributed by atoms with van der Waals surface area (Å²) in [5.41, 5.74) is 0. The molecule has 2 N–H and O–H groups in total. The van der Waals surface area contributed by atoms with E-state index in [1.807, 2.05) is 0 Å². The average molecular weight is 264 g/mol. The zero-order chi connectivity index (χ0) is 12.9. The van der Waals surface area contributed by atoms with E-state index in [-0.39, 0.29) is 11.7 Å². The molecule has 2 atom stereocenters. The Kier molecular flexibility index (Phi) is 12.6. The predicted molar refractivity (Wildman–Crippen MR) is 73.3 cm³/mol. The minimum absolute atomic E-state index is 0.215. The highest BCUT2D eigenvalue weighted by Gasteiger charge is 2.07. The van der Waals surface area contributed by atoms with E-state index in [9.17, 15) is 9.32 Å². The van der Waals surface area contributed by atoms with Crippen LogP contribution in [0, 0.1) is 0 Å². The average Bonchev–Trinajstić information content (AvgIpc) is 2.32. The molecule has 0 aromatic carbocycles. The van der Waals surface area contributed by atoms with E-state index >= 15 is 0 Å². The van der Waals surface area contributed by atoms with Crippen molar-refractivity contribution in [3.05, 3.63) is 0 Å². The van der Waals surface area contributed by atoms with Crippen LogP contribution in [-0.2, 0) is 10.8 Å². The summed E-state index contributed by atoms with van der Waals surface area (Å²) in [5, 5.41) is 18.1. The third-order valence-corrected chi connectivity index (χ3v) is 3.96. The van der Waals surface area contributed by atoms with Gasteiger partial charge in [-0.05, 0) is 6.42 Å². The third-order valence-electron chi connectivity index (χ3n) is 2.91. The fourth-order valence-corrected chi connectivity index (χ4v) is 2.57.